The molecule has 5 nitrogen and oxygen atoms in total. The summed E-state index contributed by atoms with van der Waals surface area (Å²) in [6.45, 7) is 7.13. The number of carbonyl (C=O) groups is 2. The lowest BCUT2D eigenvalue weighted by Crippen LogP contribution is -2.39. The highest BCUT2D eigenvalue weighted by Crippen LogP contribution is 2.28. The van der Waals surface area contributed by atoms with E-state index in [1.165, 1.54) is 0 Å². The van der Waals surface area contributed by atoms with Gasteiger partial charge in [0.05, 0.1) is 0 Å². The first kappa shape index (κ1) is 17.7. The van der Waals surface area contributed by atoms with Gasteiger partial charge in [0.25, 0.3) is 0 Å². The Morgan fingerprint density at radius 3 is 2.60 bits per heavy atom. The van der Waals surface area contributed by atoms with Crippen LogP contribution in [0.25, 0.3) is 10.9 Å². The van der Waals surface area contributed by atoms with Crippen molar-refractivity contribution in [2.75, 3.05) is 33.2 Å². The third-order valence-corrected chi connectivity index (χ3v) is 5.16. The number of aromatic nitrogens is 1. The van der Waals surface area contributed by atoms with Crippen LogP contribution < -0.4 is 0 Å². The lowest BCUT2D eigenvalue weighted by atomic mass is 10.1. The Morgan fingerprint density at radius 2 is 1.88 bits per heavy atom. The van der Waals surface area contributed by atoms with Gasteiger partial charge in [0.15, 0.2) is 5.78 Å². The lowest BCUT2D eigenvalue weighted by molar-refractivity contribution is -0.134. The summed E-state index contributed by atoms with van der Waals surface area (Å²) in [6, 6.07) is 7.59. The van der Waals surface area contributed by atoms with E-state index < -0.39 is 0 Å². The van der Waals surface area contributed by atoms with E-state index in [-0.39, 0.29) is 17.7 Å². The fraction of sp³-hybridized carbons (Fsp3) is 0.500. The molecule has 25 heavy (non-hydrogen) atoms. The highest BCUT2D eigenvalue weighted by Gasteiger charge is 2.27. The number of para-hydroxylation sites is 1. The van der Waals surface area contributed by atoms with Gasteiger partial charge in [-0.25, -0.2) is 0 Å². The Labute approximate surface area is 149 Å². The fourth-order valence-corrected chi connectivity index (χ4v) is 3.71. The summed E-state index contributed by atoms with van der Waals surface area (Å²) in [4.78, 5) is 29.5. The molecule has 1 aliphatic rings. The molecule has 0 saturated carbocycles. The molecule has 1 aromatic heterocycles. The van der Waals surface area contributed by atoms with Crippen molar-refractivity contribution in [3.8, 4) is 0 Å². The number of rotatable bonds is 4. The Bertz CT molecular complexity index is 780. The van der Waals surface area contributed by atoms with Crippen molar-refractivity contribution in [3.63, 3.8) is 0 Å². The highest BCUT2D eigenvalue weighted by molar-refractivity contribution is 6.07. The van der Waals surface area contributed by atoms with E-state index in [9.17, 15) is 9.59 Å². The molecule has 5 heteroatoms. The topological polar surface area (TPSA) is 45.6 Å². The normalized spacial score (nSPS) is 17.5. The van der Waals surface area contributed by atoms with Crippen molar-refractivity contribution < 1.29 is 9.59 Å². The average molecular weight is 341 g/mol. The van der Waals surface area contributed by atoms with Crippen LogP contribution in [0.3, 0.4) is 0 Å². The van der Waals surface area contributed by atoms with Crippen LogP contribution in [0.2, 0.25) is 0 Å². The quantitative estimate of drug-likeness (QED) is 0.803. The number of hydrogen-bond donors (Lipinski definition) is 0. The number of carbonyl (C=O) groups excluding carboxylic acids is 2. The summed E-state index contributed by atoms with van der Waals surface area (Å²) in [7, 11) is 2.10. The molecule has 1 aliphatic heterocycles. The molecule has 0 unspecified atom stereocenters. The standard InChI is InChI=1S/C20H27N3O2/c1-4-18(20(25)22-11-7-10-21(3)12-13-22)23-14-17(15(2)24)16-8-5-6-9-19(16)23/h5-6,8-9,14,18H,4,7,10-13H2,1-3H3/t18-/m0/s1. The van der Waals surface area contributed by atoms with Gasteiger partial charge in [0.1, 0.15) is 6.04 Å². The minimum Gasteiger partial charge on any atom is -0.340 e. The van der Waals surface area contributed by atoms with E-state index >= 15 is 0 Å². The number of benzene rings is 1. The van der Waals surface area contributed by atoms with Crippen molar-refractivity contribution in [3.05, 3.63) is 36.0 Å². The molecule has 0 spiro atoms. The molecule has 2 aromatic rings. The van der Waals surface area contributed by atoms with Crippen molar-refractivity contribution in [2.45, 2.75) is 32.7 Å². The van der Waals surface area contributed by atoms with Crippen LogP contribution in [-0.2, 0) is 4.79 Å². The van der Waals surface area contributed by atoms with Gasteiger partial charge < -0.3 is 14.4 Å². The number of amides is 1. The van der Waals surface area contributed by atoms with E-state index in [4.69, 9.17) is 0 Å². The van der Waals surface area contributed by atoms with Gasteiger partial charge in [0, 0.05) is 42.3 Å². The molecule has 0 aliphatic carbocycles. The molecular weight excluding hydrogens is 314 g/mol. The minimum atomic E-state index is -0.263. The lowest BCUT2D eigenvalue weighted by Gasteiger charge is -2.27. The van der Waals surface area contributed by atoms with Crippen LogP contribution in [-0.4, -0.2) is 59.3 Å². The molecule has 3 rings (SSSR count). The smallest absolute Gasteiger partial charge is 0.245 e. The van der Waals surface area contributed by atoms with Crippen molar-refractivity contribution in [1.29, 1.82) is 0 Å². The number of Topliss-reactive ketones (excluding diaryl/α,β-unsaturated/α-hetero) is 1. The van der Waals surface area contributed by atoms with Crippen LogP contribution >= 0.6 is 0 Å². The van der Waals surface area contributed by atoms with Gasteiger partial charge in [-0.3, -0.25) is 9.59 Å². The van der Waals surface area contributed by atoms with Gasteiger partial charge in [-0.2, -0.15) is 0 Å². The van der Waals surface area contributed by atoms with E-state index in [0.29, 0.717) is 12.0 Å². The predicted molar refractivity (Wildman–Crippen MR) is 100.0 cm³/mol. The summed E-state index contributed by atoms with van der Waals surface area (Å²) in [5.74, 6) is 0.197. The highest BCUT2D eigenvalue weighted by atomic mass is 16.2. The maximum atomic E-state index is 13.2. The second kappa shape index (κ2) is 7.40. The second-order valence-corrected chi connectivity index (χ2v) is 6.93. The Morgan fingerprint density at radius 1 is 1.12 bits per heavy atom. The van der Waals surface area contributed by atoms with Crippen molar-refractivity contribution >= 4 is 22.6 Å². The molecule has 1 fully saturated rings. The van der Waals surface area contributed by atoms with E-state index in [1.807, 2.05) is 46.9 Å². The third kappa shape index (κ3) is 3.47. The molecule has 1 atom stereocenters. The molecule has 0 bridgehead atoms. The van der Waals surface area contributed by atoms with Crippen LogP contribution in [0.1, 0.15) is 43.1 Å². The zero-order valence-corrected chi connectivity index (χ0v) is 15.4. The van der Waals surface area contributed by atoms with Crippen LogP contribution in [0.5, 0.6) is 0 Å². The molecule has 0 radical (unpaired) electrons. The predicted octanol–water partition coefficient (Wildman–Crippen LogP) is 2.96. The van der Waals surface area contributed by atoms with Crippen molar-refractivity contribution in [2.24, 2.45) is 0 Å². The zero-order chi connectivity index (χ0) is 18.0. The fourth-order valence-electron chi connectivity index (χ4n) is 3.71. The average Bonchev–Trinajstić information content (AvgIpc) is 2.84. The molecule has 0 N–H and O–H groups in total. The molecule has 1 amide bonds. The van der Waals surface area contributed by atoms with Gasteiger partial charge in [-0.1, -0.05) is 25.1 Å². The van der Waals surface area contributed by atoms with E-state index in [2.05, 4.69) is 11.9 Å². The zero-order valence-electron chi connectivity index (χ0n) is 15.4. The molecule has 1 saturated heterocycles. The molecule has 1 aromatic carbocycles. The van der Waals surface area contributed by atoms with Crippen molar-refractivity contribution in [1.82, 2.24) is 14.4 Å². The monoisotopic (exact) mass is 341 g/mol. The minimum absolute atomic E-state index is 0.0358. The summed E-state index contributed by atoms with van der Waals surface area (Å²) in [5.41, 5.74) is 1.65. The van der Waals surface area contributed by atoms with Crippen LogP contribution in [0.15, 0.2) is 30.5 Å². The van der Waals surface area contributed by atoms with Gasteiger partial charge in [-0.05, 0) is 39.4 Å². The van der Waals surface area contributed by atoms with E-state index in [1.54, 1.807) is 6.92 Å². The third-order valence-electron chi connectivity index (χ3n) is 5.16. The maximum absolute atomic E-state index is 13.2. The Hall–Kier alpha value is -2.14. The molecule has 2 heterocycles. The number of hydrogen-bond acceptors (Lipinski definition) is 3. The molecular formula is C20H27N3O2. The Balaban J connectivity index is 1.97. The summed E-state index contributed by atoms with van der Waals surface area (Å²) >= 11 is 0. The first-order valence-corrected chi connectivity index (χ1v) is 9.10. The first-order valence-electron chi connectivity index (χ1n) is 9.10. The number of fused-ring (bicyclic) bond motifs is 1. The summed E-state index contributed by atoms with van der Waals surface area (Å²) in [5, 5.41) is 0.928. The number of nitrogens with zero attached hydrogens (tertiary/aromatic N) is 3. The first-order chi connectivity index (χ1) is 12.0. The second-order valence-electron chi connectivity index (χ2n) is 6.93. The largest absolute Gasteiger partial charge is 0.340 e. The van der Waals surface area contributed by atoms with Crippen LogP contribution in [0, 0.1) is 0 Å². The van der Waals surface area contributed by atoms with Crippen LogP contribution in [0.4, 0.5) is 0 Å². The number of ketones is 1. The van der Waals surface area contributed by atoms with E-state index in [0.717, 1.165) is 43.5 Å². The Kier molecular flexibility index (Phi) is 5.23. The number of likely N-dealkylation sites (N-methyl/N-ethyl adjacent to an activating group) is 1. The molecule has 134 valence electrons. The maximum Gasteiger partial charge on any atom is 0.245 e. The van der Waals surface area contributed by atoms with Gasteiger partial charge in [0.2, 0.25) is 5.91 Å². The van der Waals surface area contributed by atoms with Gasteiger partial charge >= 0.3 is 0 Å². The SMILES string of the molecule is CC[C@@H](C(=O)N1CCCN(C)CC1)n1cc(C(C)=O)c2ccccc21. The summed E-state index contributed by atoms with van der Waals surface area (Å²) in [6.07, 6.45) is 3.58. The summed E-state index contributed by atoms with van der Waals surface area (Å²) < 4.78 is 2.00. The van der Waals surface area contributed by atoms with Gasteiger partial charge in [-0.15, -0.1) is 0 Å².